The number of benzene rings is 1. The van der Waals surface area contributed by atoms with E-state index in [0.717, 1.165) is 12.3 Å². The molecule has 0 bridgehead atoms. The van der Waals surface area contributed by atoms with Crippen molar-refractivity contribution in [2.45, 2.75) is 38.6 Å². The summed E-state index contributed by atoms with van der Waals surface area (Å²) in [7, 11) is 0. The van der Waals surface area contributed by atoms with E-state index in [-0.39, 0.29) is 0 Å². The molecule has 0 spiro atoms. The van der Waals surface area contributed by atoms with Crippen molar-refractivity contribution in [3.63, 3.8) is 0 Å². The zero-order chi connectivity index (χ0) is 13.7. The number of likely N-dealkylation sites (tertiary alicyclic amines) is 1. The molecule has 0 amide bonds. The molecular weight excluding hydrogens is 236 g/mol. The van der Waals surface area contributed by atoms with Crippen molar-refractivity contribution in [1.82, 2.24) is 4.90 Å². The van der Waals surface area contributed by atoms with Crippen molar-refractivity contribution in [2.75, 3.05) is 26.2 Å². The maximum Gasteiger partial charge on any atom is 0.119 e. The summed E-state index contributed by atoms with van der Waals surface area (Å²) < 4.78 is 5.49. The smallest absolute Gasteiger partial charge is 0.119 e. The van der Waals surface area contributed by atoms with Gasteiger partial charge in [-0.05, 0) is 56.5 Å². The molecule has 1 fully saturated rings. The predicted octanol–water partition coefficient (Wildman–Crippen LogP) is 2.61. The zero-order valence-corrected chi connectivity index (χ0v) is 12.1. The topological polar surface area (TPSA) is 38.5 Å². The molecule has 1 saturated heterocycles. The Morgan fingerprint density at radius 2 is 1.84 bits per heavy atom. The summed E-state index contributed by atoms with van der Waals surface area (Å²) >= 11 is 0. The van der Waals surface area contributed by atoms with Gasteiger partial charge in [-0.15, -0.1) is 0 Å². The first-order chi connectivity index (χ1) is 9.26. The van der Waals surface area contributed by atoms with Crippen molar-refractivity contribution in [1.29, 1.82) is 0 Å². The second kappa shape index (κ2) is 6.92. The summed E-state index contributed by atoms with van der Waals surface area (Å²) in [6, 6.07) is 8.93. The average Bonchev–Trinajstić information content (AvgIpc) is 2.95. The van der Waals surface area contributed by atoms with Crippen LogP contribution in [0.4, 0.5) is 0 Å². The second-order valence-corrected chi connectivity index (χ2v) is 5.34. The predicted molar refractivity (Wildman–Crippen MR) is 79.7 cm³/mol. The first-order valence-electron chi connectivity index (χ1n) is 7.43. The van der Waals surface area contributed by atoms with E-state index in [1.165, 1.54) is 31.5 Å². The maximum absolute atomic E-state index is 6.00. The summed E-state index contributed by atoms with van der Waals surface area (Å²) in [5.74, 6) is 1.42. The Labute approximate surface area is 116 Å². The fraction of sp³-hybridized carbons (Fsp3) is 0.625. The van der Waals surface area contributed by atoms with Gasteiger partial charge in [0.2, 0.25) is 0 Å². The molecule has 2 atom stereocenters. The van der Waals surface area contributed by atoms with Gasteiger partial charge in [0, 0.05) is 12.6 Å². The Hall–Kier alpha value is -1.06. The van der Waals surface area contributed by atoms with E-state index in [0.29, 0.717) is 18.6 Å². The molecule has 1 heterocycles. The van der Waals surface area contributed by atoms with Gasteiger partial charge in [-0.1, -0.05) is 19.1 Å². The van der Waals surface area contributed by atoms with Crippen LogP contribution in [0, 0.1) is 0 Å². The Bertz CT molecular complexity index is 371. The molecule has 3 nitrogen and oxygen atoms in total. The van der Waals surface area contributed by atoms with Gasteiger partial charge in [-0.3, -0.25) is 4.90 Å². The van der Waals surface area contributed by atoms with Gasteiger partial charge >= 0.3 is 0 Å². The number of hydrogen-bond acceptors (Lipinski definition) is 3. The van der Waals surface area contributed by atoms with Crippen molar-refractivity contribution < 1.29 is 4.74 Å². The van der Waals surface area contributed by atoms with Gasteiger partial charge in [0.05, 0.1) is 6.61 Å². The summed E-state index contributed by atoms with van der Waals surface area (Å²) in [6.07, 6.45) is 2.62. The lowest BCUT2D eigenvalue weighted by molar-refractivity contribution is 0.221. The van der Waals surface area contributed by atoms with Crippen LogP contribution in [-0.2, 0) is 0 Å². The highest BCUT2D eigenvalue weighted by Gasteiger charge is 2.26. The Kier molecular flexibility index (Phi) is 5.23. The highest BCUT2D eigenvalue weighted by Crippen LogP contribution is 2.26. The Morgan fingerprint density at radius 1 is 1.21 bits per heavy atom. The van der Waals surface area contributed by atoms with E-state index < -0.39 is 0 Å². The van der Waals surface area contributed by atoms with Crippen molar-refractivity contribution in [3.8, 4) is 5.75 Å². The number of rotatable bonds is 6. The van der Waals surface area contributed by atoms with Gasteiger partial charge < -0.3 is 10.5 Å². The molecule has 0 radical (unpaired) electrons. The summed E-state index contributed by atoms with van der Waals surface area (Å²) in [5.41, 5.74) is 7.35. The molecule has 0 aliphatic carbocycles. The van der Waals surface area contributed by atoms with E-state index in [4.69, 9.17) is 10.5 Å². The van der Waals surface area contributed by atoms with Crippen LogP contribution >= 0.6 is 0 Å². The van der Waals surface area contributed by atoms with Gasteiger partial charge in [0.25, 0.3) is 0 Å². The molecule has 1 aliphatic rings. The second-order valence-electron chi connectivity index (χ2n) is 5.34. The number of ether oxygens (including phenoxy) is 1. The molecule has 1 aliphatic heterocycles. The van der Waals surface area contributed by atoms with E-state index in [9.17, 15) is 0 Å². The summed E-state index contributed by atoms with van der Waals surface area (Å²) in [4.78, 5) is 2.54. The van der Waals surface area contributed by atoms with Gasteiger partial charge in [-0.2, -0.15) is 0 Å². The lowest BCUT2D eigenvalue weighted by Gasteiger charge is -2.32. The van der Waals surface area contributed by atoms with Crippen LogP contribution in [0.25, 0.3) is 0 Å². The van der Waals surface area contributed by atoms with Crippen LogP contribution in [-0.4, -0.2) is 37.2 Å². The van der Waals surface area contributed by atoms with Gasteiger partial charge in [0.1, 0.15) is 5.75 Å². The molecule has 106 valence electrons. The van der Waals surface area contributed by atoms with Crippen LogP contribution in [0.3, 0.4) is 0 Å². The molecule has 19 heavy (non-hydrogen) atoms. The molecule has 1 aromatic carbocycles. The standard InChI is InChI=1S/C16H26N2O/c1-3-19-15-8-6-14(7-9-15)13(2)16(12-17)18-10-4-5-11-18/h6-9,13,16H,3-5,10-12,17H2,1-2H3. The lowest BCUT2D eigenvalue weighted by Crippen LogP contribution is -2.42. The third kappa shape index (κ3) is 3.48. The molecule has 0 aromatic heterocycles. The van der Waals surface area contributed by atoms with Crippen LogP contribution in [0.15, 0.2) is 24.3 Å². The van der Waals surface area contributed by atoms with Crippen molar-refractivity contribution in [3.05, 3.63) is 29.8 Å². The minimum atomic E-state index is 0.459. The monoisotopic (exact) mass is 262 g/mol. The molecule has 2 rings (SSSR count). The van der Waals surface area contributed by atoms with E-state index >= 15 is 0 Å². The highest BCUT2D eigenvalue weighted by molar-refractivity contribution is 5.30. The summed E-state index contributed by atoms with van der Waals surface area (Å²) in [6.45, 7) is 8.13. The third-order valence-electron chi connectivity index (χ3n) is 4.15. The Morgan fingerprint density at radius 3 is 2.37 bits per heavy atom. The molecule has 1 aromatic rings. The zero-order valence-electron chi connectivity index (χ0n) is 12.1. The number of nitrogens with zero attached hydrogens (tertiary/aromatic N) is 1. The van der Waals surface area contributed by atoms with E-state index in [1.807, 2.05) is 6.92 Å². The minimum absolute atomic E-state index is 0.459. The van der Waals surface area contributed by atoms with Crippen LogP contribution in [0.2, 0.25) is 0 Å². The third-order valence-corrected chi connectivity index (χ3v) is 4.15. The Balaban J connectivity index is 2.05. The molecule has 2 N–H and O–H groups in total. The quantitative estimate of drug-likeness (QED) is 0.856. The van der Waals surface area contributed by atoms with Crippen LogP contribution < -0.4 is 10.5 Å². The SMILES string of the molecule is CCOc1ccc(C(C)C(CN)N2CCCC2)cc1. The van der Waals surface area contributed by atoms with Crippen molar-refractivity contribution in [2.24, 2.45) is 5.73 Å². The molecule has 0 saturated carbocycles. The fourth-order valence-corrected chi connectivity index (χ4v) is 3.00. The fourth-order valence-electron chi connectivity index (χ4n) is 3.00. The maximum atomic E-state index is 6.00. The molecule has 2 unspecified atom stereocenters. The van der Waals surface area contributed by atoms with Crippen LogP contribution in [0.5, 0.6) is 5.75 Å². The van der Waals surface area contributed by atoms with E-state index in [2.05, 4.69) is 36.1 Å². The van der Waals surface area contributed by atoms with Gasteiger partial charge in [-0.25, -0.2) is 0 Å². The highest BCUT2D eigenvalue weighted by atomic mass is 16.5. The first kappa shape index (κ1) is 14.4. The lowest BCUT2D eigenvalue weighted by atomic mass is 9.92. The van der Waals surface area contributed by atoms with E-state index in [1.54, 1.807) is 0 Å². The molecular formula is C16H26N2O. The minimum Gasteiger partial charge on any atom is -0.494 e. The number of nitrogens with two attached hydrogens (primary N) is 1. The van der Waals surface area contributed by atoms with Crippen molar-refractivity contribution >= 4 is 0 Å². The normalized spacial score (nSPS) is 19.3. The van der Waals surface area contributed by atoms with Crippen LogP contribution in [0.1, 0.15) is 38.2 Å². The first-order valence-corrected chi connectivity index (χ1v) is 7.43. The largest absolute Gasteiger partial charge is 0.494 e. The number of hydrogen-bond donors (Lipinski definition) is 1. The molecule has 3 heteroatoms. The average molecular weight is 262 g/mol. The summed E-state index contributed by atoms with van der Waals surface area (Å²) in [5, 5.41) is 0. The van der Waals surface area contributed by atoms with Gasteiger partial charge in [0.15, 0.2) is 0 Å².